The van der Waals surface area contributed by atoms with E-state index in [9.17, 15) is 4.79 Å². The molecule has 1 aliphatic rings. The number of hydrogen-bond donors (Lipinski definition) is 1. The van der Waals surface area contributed by atoms with Crippen molar-refractivity contribution in [3.8, 4) is 0 Å². The summed E-state index contributed by atoms with van der Waals surface area (Å²) in [5.74, 6) is 1.08. The van der Waals surface area contributed by atoms with Gasteiger partial charge in [0.1, 0.15) is 0 Å². The summed E-state index contributed by atoms with van der Waals surface area (Å²) < 4.78 is 1.80. The van der Waals surface area contributed by atoms with Crippen LogP contribution in [0.5, 0.6) is 0 Å². The van der Waals surface area contributed by atoms with E-state index in [1.165, 1.54) is 28.5 Å². The number of nitrogens with zero attached hydrogens (tertiary/aromatic N) is 5. The second-order valence-electron chi connectivity index (χ2n) is 7.45. The molecule has 2 aromatic heterocycles. The summed E-state index contributed by atoms with van der Waals surface area (Å²) in [4.78, 5) is 23.5. The van der Waals surface area contributed by atoms with Crippen molar-refractivity contribution in [3.05, 3.63) is 52.3 Å². The lowest BCUT2D eigenvalue weighted by molar-refractivity contribution is -0.128. The van der Waals surface area contributed by atoms with Crippen molar-refractivity contribution in [3.63, 3.8) is 0 Å². The Bertz CT molecular complexity index is 1020. The molecule has 0 atom stereocenters. The Morgan fingerprint density at radius 2 is 1.83 bits per heavy atom. The van der Waals surface area contributed by atoms with E-state index >= 15 is 0 Å². The molecule has 1 aromatic carbocycles. The largest absolute Gasteiger partial charge is 0.339 e. The molecule has 1 N–H and O–H groups in total. The van der Waals surface area contributed by atoms with Crippen LogP contribution in [0.15, 0.2) is 29.4 Å². The molecule has 7 nitrogen and oxygen atoms in total. The fourth-order valence-corrected chi connectivity index (χ4v) is 4.27. The molecule has 8 heteroatoms. The van der Waals surface area contributed by atoms with Gasteiger partial charge in [-0.15, -0.1) is 5.10 Å². The van der Waals surface area contributed by atoms with Crippen LogP contribution in [0.1, 0.15) is 28.1 Å². The fourth-order valence-electron chi connectivity index (χ4n) is 3.55. The van der Waals surface area contributed by atoms with E-state index in [2.05, 4.69) is 58.5 Å². The van der Waals surface area contributed by atoms with Gasteiger partial charge in [0.15, 0.2) is 0 Å². The van der Waals surface area contributed by atoms with Gasteiger partial charge in [0, 0.05) is 44.0 Å². The zero-order valence-electron chi connectivity index (χ0n) is 17.1. The van der Waals surface area contributed by atoms with Crippen molar-refractivity contribution in [2.75, 3.05) is 31.9 Å². The minimum atomic E-state index is 0.135. The van der Waals surface area contributed by atoms with Gasteiger partial charge in [0.25, 0.3) is 5.78 Å². The summed E-state index contributed by atoms with van der Waals surface area (Å²) in [6.07, 6.45) is 0.810. The minimum absolute atomic E-state index is 0.135. The Hall–Kier alpha value is -2.45. The first-order valence-corrected chi connectivity index (χ1v) is 10.9. The average Bonchev–Trinajstić information content (AvgIpc) is 3.14. The minimum Gasteiger partial charge on any atom is -0.339 e. The summed E-state index contributed by atoms with van der Waals surface area (Å²) in [7, 11) is 0. The molecule has 3 heterocycles. The highest BCUT2D eigenvalue weighted by molar-refractivity contribution is 7.99. The summed E-state index contributed by atoms with van der Waals surface area (Å²) >= 11 is 1.38. The third-order valence-electron chi connectivity index (χ3n) is 5.33. The molecule has 3 aromatic rings. The number of amides is 1. The number of aryl methyl sites for hydroxylation is 3. The number of hydrogen-bond acceptors (Lipinski definition) is 6. The summed E-state index contributed by atoms with van der Waals surface area (Å²) in [6, 6.07) is 8.57. The van der Waals surface area contributed by atoms with Crippen molar-refractivity contribution < 1.29 is 4.79 Å². The number of benzene rings is 1. The van der Waals surface area contributed by atoms with Crippen LogP contribution in [0.3, 0.4) is 0 Å². The molecule has 1 fully saturated rings. The van der Waals surface area contributed by atoms with Gasteiger partial charge >= 0.3 is 0 Å². The number of nitrogens with one attached hydrogen (secondary N) is 1. The van der Waals surface area contributed by atoms with Crippen molar-refractivity contribution in [1.29, 1.82) is 0 Å². The highest BCUT2D eigenvalue weighted by Gasteiger charge is 2.18. The molecular weight excluding hydrogens is 384 g/mol. The van der Waals surface area contributed by atoms with E-state index in [4.69, 9.17) is 0 Å². The number of piperazine rings is 1. The number of rotatable bonds is 5. The monoisotopic (exact) mass is 410 g/mol. The lowest BCUT2D eigenvalue weighted by Gasteiger charge is -2.27. The van der Waals surface area contributed by atoms with Crippen LogP contribution in [0.2, 0.25) is 0 Å². The highest BCUT2D eigenvalue weighted by atomic mass is 32.2. The molecule has 0 bridgehead atoms. The predicted octanol–water partition coefficient (Wildman–Crippen LogP) is 2.16. The Morgan fingerprint density at radius 1 is 1.10 bits per heavy atom. The zero-order valence-corrected chi connectivity index (χ0v) is 17.9. The number of carbonyl (C=O) groups excluding carboxylic acids is 1. The Labute approximate surface area is 174 Å². The lowest BCUT2D eigenvalue weighted by Crippen LogP contribution is -2.47. The fraction of sp³-hybridized carbons (Fsp3) is 0.429. The molecule has 0 spiro atoms. The third kappa shape index (κ3) is 4.43. The molecule has 4 rings (SSSR count). The first kappa shape index (κ1) is 19.8. The average molecular weight is 411 g/mol. The van der Waals surface area contributed by atoms with E-state index in [-0.39, 0.29) is 5.91 Å². The Morgan fingerprint density at radius 3 is 2.55 bits per heavy atom. The molecule has 0 saturated carbocycles. The van der Waals surface area contributed by atoms with Crippen molar-refractivity contribution in [2.24, 2.45) is 0 Å². The van der Waals surface area contributed by atoms with Crippen LogP contribution in [0.4, 0.5) is 0 Å². The normalized spacial score (nSPS) is 14.5. The van der Waals surface area contributed by atoms with Gasteiger partial charge in [-0.25, -0.2) is 9.50 Å². The molecule has 1 aliphatic heterocycles. The van der Waals surface area contributed by atoms with Crippen LogP contribution < -0.4 is 5.32 Å². The van der Waals surface area contributed by atoms with Gasteiger partial charge in [0.05, 0.1) is 5.75 Å². The van der Waals surface area contributed by atoms with Crippen molar-refractivity contribution >= 4 is 23.4 Å². The van der Waals surface area contributed by atoms with Gasteiger partial charge < -0.3 is 10.2 Å². The highest BCUT2D eigenvalue weighted by Crippen LogP contribution is 2.21. The van der Waals surface area contributed by atoms with E-state index in [1.807, 2.05) is 11.8 Å². The number of fused-ring (bicyclic) bond motifs is 1. The topological polar surface area (TPSA) is 75.4 Å². The van der Waals surface area contributed by atoms with E-state index in [1.54, 1.807) is 4.52 Å². The predicted molar refractivity (Wildman–Crippen MR) is 114 cm³/mol. The maximum atomic E-state index is 12.4. The molecule has 152 valence electrons. The molecule has 29 heavy (non-hydrogen) atoms. The molecule has 0 aliphatic carbocycles. The quantitative estimate of drug-likeness (QED) is 0.650. The van der Waals surface area contributed by atoms with Crippen molar-refractivity contribution in [1.82, 2.24) is 29.8 Å². The van der Waals surface area contributed by atoms with Gasteiger partial charge in [-0.3, -0.25) is 4.79 Å². The van der Waals surface area contributed by atoms with Crippen molar-refractivity contribution in [2.45, 2.75) is 32.3 Å². The molecule has 0 radical (unpaired) electrons. The third-order valence-corrected chi connectivity index (χ3v) is 6.15. The van der Waals surface area contributed by atoms with Crippen LogP contribution in [-0.2, 0) is 11.2 Å². The van der Waals surface area contributed by atoms with E-state index in [0.29, 0.717) is 16.7 Å². The van der Waals surface area contributed by atoms with Gasteiger partial charge in [-0.05, 0) is 31.9 Å². The van der Waals surface area contributed by atoms with Crippen LogP contribution in [0, 0.1) is 20.8 Å². The molecular formula is C21H26N6OS. The first-order chi connectivity index (χ1) is 14.0. The SMILES string of the molecule is Cc1ccc(Cc2c(C)nc3nc(SCC(=O)N4CCNCC4)nn3c2C)cc1. The zero-order chi connectivity index (χ0) is 20.4. The molecule has 1 saturated heterocycles. The summed E-state index contributed by atoms with van der Waals surface area (Å²) in [5, 5.41) is 8.46. The Balaban J connectivity index is 1.52. The standard InChI is InChI=1S/C21H26N6OS/c1-14-4-6-17(7-5-14)12-18-15(2)23-20-24-21(25-27(20)16(18)3)29-13-19(28)26-10-8-22-9-11-26/h4-7,22H,8-13H2,1-3H3. The van der Waals surface area contributed by atoms with Gasteiger partial charge in [-0.2, -0.15) is 4.98 Å². The first-order valence-electron chi connectivity index (χ1n) is 9.91. The number of aromatic nitrogens is 4. The van der Waals surface area contributed by atoms with E-state index < -0.39 is 0 Å². The van der Waals surface area contributed by atoms with Crippen LogP contribution >= 0.6 is 11.8 Å². The smallest absolute Gasteiger partial charge is 0.253 e. The lowest BCUT2D eigenvalue weighted by atomic mass is 10.0. The Kier molecular flexibility index (Phi) is 5.82. The molecule has 1 amide bonds. The second-order valence-corrected chi connectivity index (χ2v) is 8.39. The number of thioether (sulfide) groups is 1. The number of carbonyl (C=O) groups is 1. The van der Waals surface area contributed by atoms with Gasteiger partial charge in [-0.1, -0.05) is 41.6 Å². The van der Waals surface area contributed by atoms with Gasteiger partial charge in [0.2, 0.25) is 11.1 Å². The maximum Gasteiger partial charge on any atom is 0.253 e. The summed E-state index contributed by atoms with van der Waals surface area (Å²) in [6.45, 7) is 9.41. The van der Waals surface area contributed by atoms with E-state index in [0.717, 1.165) is 44.0 Å². The maximum absolute atomic E-state index is 12.4. The van der Waals surface area contributed by atoms with Crippen LogP contribution in [0.25, 0.3) is 5.78 Å². The van der Waals surface area contributed by atoms with Crippen LogP contribution in [-0.4, -0.2) is 62.3 Å². The second kappa shape index (κ2) is 8.51. The summed E-state index contributed by atoms with van der Waals surface area (Å²) in [5.41, 5.74) is 5.68. The molecule has 0 unspecified atom stereocenters.